The standard InChI is InChI=1S/C25H16O2/c1-2-23(26)27-22-14-8-13-20-18-11-6-7-12-19(18)24-17-10-5-3-4-9-16(17)15-21(24)25(20)22/h2-15H,1H2. The minimum Gasteiger partial charge on any atom is -0.423 e. The first-order valence-electron chi connectivity index (χ1n) is 8.87. The number of fused-ring (bicyclic) bond motifs is 8. The van der Waals surface area contributed by atoms with Gasteiger partial charge in [0.05, 0.1) is 0 Å². The predicted octanol–water partition coefficient (Wildman–Crippen LogP) is 6.34. The zero-order valence-electron chi connectivity index (χ0n) is 14.6. The van der Waals surface area contributed by atoms with Crippen LogP contribution >= 0.6 is 0 Å². The highest BCUT2D eigenvalue weighted by Gasteiger charge is 2.18. The summed E-state index contributed by atoms with van der Waals surface area (Å²) in [5.74, 6) is 0.110. The first-order chi connectivity index (χ1) is 13.3. The van der Waals surface area contributed by atoms with Crippen molar-refractivity contribution in [1.29, 1.82) is 0 Å². The maximum absolute atomic E-state index is 11.9. The van der Waals surface area contributed by atoms with Crippen LogP contribution in [0.5, 0.6) is 5.75 Å². The van der Waals surface area contributed by atoms with E-state index in [1.807, 2.05) is 30.3 Å². The van der Waals surface area contributed by atoms with E-state index >= 15 is 0 Å². The van der Waals surface area contributed by atoms with E-state index in [9.17, 15) is 4.79 Å². The molecule has 3 aromatic rings. The molecule has 27 heavy (non-hydrogen) atoms. The molecule has 5 rings (SSSR count). The minimum absolute atomic E-state index is 0.452. The molecule has 0 aliphatic heterocycles. The molecule has 2 heteroatoms. The number of hydrogen-bond donors (Lipinski definition) is 0. The lowest BCUT2D eigenvalue weighted by Crippen LogP contribution is -2.03. The molecule has 0 spiro atoms. The van der Waals surface area contributed by atoms with Gasteiger partial charge in [0.15, 0.2) is 0 Å². The van der Waals surface area contributed by atoms with E-state index in [4.69, 9.17) is 4.74 Å². The van der Waals surface area contributed by atoms with Crippen molar-refractivity contribution < 1.29 is 9.53 Å². The van der Waals surface area contributed by atoms with Gasteiger partial charge in [0.1, 0.15) is 5.75 Å². The quantitative estimate of drug-likeness (QED) is 0.161. The molecule has 0 fully saturated rings. The van der Waals surface area contributed by atoms with Gasteiger partial charge in [-0.2, -0.15) is 0 Å². The average Bonchev–Trinajstić information content (AvgIpc) is 2.90. The zero-order valence-corrected chi connectivity index (χ0v) is 14.6. The number of esters is 1. The molecule has 0 saturated heterocycles. The summed E-state index contributed by atoms with van der Waals surface area (Å²) >= 11 is 0. The molecule has 0 radical (unpaired) electrons. The van der Waals surface area contributed by atoms with E-state index in [0.717, 1.165) is 27.1 Å². The Kier molecular flexibility index (Phi) is 3.44. The molecule has 2 nitrogen and oxygen atoms in total. The van der Waals surface area contributed by atoms with Crippen molar-refractivity contribution in [1.82, 2.24) is 0 Å². The maximum atomic E-state index is 11.9. The molecule has 3 aromatic carbocycles. The third kappa shape index (κ3) is 2.31. The highest BCUT2D eigenvalue weighted by molar-refractivity contribution is 6.31. The Bertz CT molecular complexity index is 1330. The van der Waals surface area contributed by atoms with Gasteiger partial charge in [-0.25, -0.2) is 4.79 Å². The smallest absolute Gasteiger partial charge is 0.335 e. The van der Waals surface area contributed by atoms with Crippen LogP contribution in [0.2, 0.25) is 0 Å². The Labute approximate surface area is 156 Å². The lowest BCUT2D eigenvalue weighted by Gasteiger charge is -2.12. The first-order valence-corrected chi connectivity index (χ1v) is 8.87. The summed E-state index contributed by atoms with van der Waals surface area (Å²) in [6.07, 6.45) is 1.19. The molecule has 0 aromatic heterocycles. The Balaban J connectivity index is 2.06. The second kappa shape index (κ2) is 5.96. The normalized spacial score (nSPS) is 11.3. The summed E-state index contributed by atoms with van der Waals surface area (Å²) < 4.78 is 5.59. The van der Waals surface area contributed by atoms with Crippen LogP contribution in [-0.2, 0) is 4.79 Å². The van der Waals surface area contributed by atoms with Crippen LogP contribution in [0.15, 0.2) is 91.5 Å². The second-order valence-electron chi connectivity index (χ2n) is 6.56. The third-order valence-electron chi connectivity index (χ3n) is 5.07. The van der Waals surface area contributed by atoms with Gasteiger partial charge in [-0.05, 0) is 50.2 Å². The van der Waals surface area contributed by atoms with E-state index in [1.165, 1.54) is 22.4 Å². The Hall–Kier alpha value is -3.65. The molecule has 0 saturated carbocycles. The monoisotopic (exact) mass is 348 g/mol. The highest BCUT2D eigenvalue weighted by Crippen LogP contribution is 2.45. The summed E-state index contributed by atoms with van der Waals surface area (Å²) in [6, 6.07) is 26.8. The van der Waals surface area contributed by atoms with Gasteiger partial charge in [-0.15, -0.1) is 0 Å². The fourth-order valence-electron chi connectivity index (χ4n) is 3.98. The number of carbonyl (C=O) groups excluding carboxylic acids is 1. The molecule has 0 N–H and O–H groups in total. The maximum Gasteiger partial charge on any atom is 0.335 e. The number of carbonyl (C=O) groups is 1. The SMILES string of the molecule is C=CC(=O)Oc1cccc2c3ccccc3c3c4cccccc-4cc3c12. The zero-order chi connectivity index (χ0) is 18.4. The van der Waals surface area contributed by atoms with Crippen LogP contribution in [-0.4, -0.2) is 5.97 Å². The molecule has 2 aliphatic rings. The molecule has 0 atom stereocenters. The molecule has 0 heterocycles. The fraction of sp³-hybridized carbons (Fsp3) is 0. The average molecular weight is 348 g/mol. The van der Waals surface area contributed by atoms with Crippen molar-refractivity contribution in [2.45, 2.75) is 0 Å². The largest absolute Gasteiger partial charge is 0.423 e. The molecule has 0 bridgehead atoms. The van der Waals surface area contributed by atoms with Crippen molar-refractivity contribution in [3.05, 3.63) is 91.5 Å². The van der Waals surface area contributed by atoms with E-state index < -0.39 is 5.97 Å². The molecular weight excluding hydrogens is 332 g/mol. The molecule has 2 aliphatic carbocycles. The van der Waals surface area contributed by atoms with E-state index in [2.05, 4.69) is 55.1 Å². The summed E-state index contributed by atoms with van der Waals surface area (Å²) in [5, 5.41) is 6.67. The van der Waals surface area contributed by atoms with Gasteiger partial charge in [0.25, 0.3) is 0 Å². The van der Waals surface area contributed by atoms with Crippen LogP contribution in [0.25, 0.3) is 43.4 Å². The summed E-state index contributed by atoms with van der Waals surface area (Å²) in [4.78, 5) is 11.9. The summed E-state index contributed by atoms with van der Waals surface area (Å²) in [5.41, 5.74) is 2.36. The van der Waals surface area contributed by atoms with Crippen molar-refractivity contribution in [3.8, 4) is 16.9 Å². The fourth-order valence-corrected chi connectivity index (χ4v) is 3.98. The second-order valence-corrected chi connectivity index (χ2v) is 6.56. The van der Waals surface area contributed by atoms with Crippen molar-refractivity contribution in [2.75, 3.05) is 0 Å². The predicted molar refractivity (Wildman–Crippen MR) is 111 cm³/mol. The molecule has 128 valence electrons. The Morgan fingerprint density at radius 3 is 2.30 bits per heavy atom. The van der Waals surface area contributed by atoms with Crippen LogP contribution in [0, 0.1) is 0 Å². The number of ether oxygens (including phenoxy) is 1. The van der Waals surface area contributed by atoms with Gasteiger partial charge in [0.2, 0.25) is 0 Å². The van der Waals surface area contributed by atoms with Crippen LogP contribution in [0.1, 0.15) is 0 Å². The Morgan fingerprint density at radius 1 is 0.741 bits per heavy atom. The van der Waals surface area contributed by atoms with Gasteiger partial charge in [-0.3, -0.25) is 0 Å². The van der Waals surface area contributed by atoms with E-state index in [0.29, 0.717) is 5.75 Å². The van der Waals surface area contributed by atoms with Crippen LogP contribution < -0.4 is 4.74 Å². The summed E-state index contributed by atoms with van der Waals surface area (Å²) in [6.45, 7) is 3.52. The van der Waals surface area contributed by atoms with Gasteiger partial charge < -0.3 is 4.74 Å². The first kappa shape index (κ1) is 15.6. The van der Waals surface area contributed by atoms with Crippen molar-refractivity contribution in [3.63, 3.8) is 0 Å². The van der Waals surface area contributed by atoms with E-state index in [-0.39, 0.29) is 0 Å². The van der Waals surface area contributed by atoms with E-state index in [1.54, 1.807) is 0 Å². The number of hydrogen-bond acceptors (Lipinski definition) is 2. The lowest BCUT2D eigenvalue weighted by molar-refractivity contribution is -0.128. The highest BCUT2D eigenvalue weighted by atomic mass is 16.5. The lowest BCUT2D eigenvalue weighted by atomic mass is 9.95. The number of rotatable bonds is 2. The minimum atomic E-state index is -0.452. The van der Waals surface area contributed by atoms with Crippen molar-refractivity contribution >= 4 is 38.3 Å². The molecule has 0 amide bonds. The summed E-state index contributed by atoms with van der Waals surface area (Å²) in [7, 11) is 0. The topological polar surface area (TPSA) is 26.3 Å². The number of benzene rings is 3. The Morgan fingerprint density at radius 2 is 1.44 bits per heavy atom. The third-order valence-corrected chi connectivity index (χ3v) is 5.07. The molecular formula is C25H16O2. The van der Waals surface area contributed by atoms with Gasteiger partial charge in [-0.1, -0.05) is 73.3 Å². The van der Waals surface area contributed by atoms with Gasteiger partial charge in [0, 0.05) is 11.5 Å². The van der Waals surface area contributed by atoms with Gasteiger partial charge >= 0.3 is 5.97 Å². The van der Waals surface area contributed by atoms with Crippen LogP contribution in [0.4, 0.5) is 0 Å². The van der Waals surface area contributed by atoms with Crippen LogP contribution in [0.3, 0.4) is 0 Å². The van der Waals surface area contributed by atoms with Crippen molar-refractivity contribution in [2.24, 2.45) is 0 Å². The molecule has 0 unspecified atom stereocenters.